The number of hydrogen-bond donors (Lipinski definition) is 1. The van der Waals surface area contributed by atoms with Crippen LogP contribution in [0.25, 0.3) is 0 Å². The molecule has 1 N–H and O–H groups in total. The van der Waals surface area contributed by atoms with Gasteiger partial charge in [0, 0.05) is 18.5 Å². The maximum absolute atomic E-state index is 11.5. The summed E-state index contributed by atoms with van der Waals surface area (Å²) in [6.45, 7) is 6.60. The van der Waals surface area contributed by atoms with Gasteiger partial charge in [0.15, 0.2) is 0 Å². The van der Waals surface area contributed by atoms with Crippen LogP contribution in [0.4, 0.5) is 0 Å². The van der Waals surface area contributed by atoms with E-state index in [1.807, 2.05) is 12.3 Å². The van der Waals surface area contributed by atoms with Gasteiger partial charge < -0.3 is 9.84 Å². The zero-order chi connectivity index (χ0) is 13.8. The molecule has 2 heterocycles. The van der Waals surface area contributed by atoms with E-state index in [4.69, 9.17) is 4.74 Å². The summed E-state index contributed by atoms with van der Waals surface area (Å²) in [6, 6.07) is 0. The van der Waals surface area contributed by atoms with Crippen LogP contribution in [0.15, 0.2) is 5.38 Å². The number of ether oxygens (including phenoxy) is 1. The lowest BCUT2D eigenvalue weighted by Crippen LogP contribution is -2.24. The summed E-state index contributed by atoms with van der Waals surface area (Å²) in [7, 11) is 0. The summed E-state index contributed by atoms with van der Waals surface area (Å²) >= 11 is 1.33. The van der Waals surface area contributed by atoms with Gasteiger partial charge in [-0.1, -0.05) is 0 Å². The SMILES string of the molecule is CCOC(=O)c1nc(CN2CCC(C(C)O)C2)cs1. The Bertz CT molecular complexity index is 433. The van der Waals surface area contributed by atoms with Crippen molar-refractivity contribution >= 4 is 17.3 Å². The summed E-state index contributed by atoms with van der Waals surface area (Å²) in [5.41, 5.74) is 0.902. The molecule has 0 saturated carbocycles. The van der Waals surface area contributed by atoms with Crippen molar-refractivity contribution in [2.45, 2.75) is 32.9 Å². The van der Waals surface area contributed by atoms with Gasteiger partial charge in [-0.2, -0.15) is 0 Å². The van der Waals surface area contributed by atoms with E-state index in [0.717, 1.165) is 31.7 Å². The predicted molar refractivity (Wildman–Crippen MR) is 73.1 cm³/mol. The lowest BCUT2D eigenvalue weighted by atomic mass is 10.0. The molecule has 1 fully saturated rings. The second-order valence-corrected chi connectivity index (χ2v) is 5.75. The molecule has 2 unspecified atom stereocenters. The Balaban J connectivity index is 1.89. The number of nitrogens with zero attached hydrogens (tertiary/aromatic N) is 2. The molecule has 1 aliphatic rings. The van der Waals surface area contributed by atoms with Crippen LogP contribution >= 0.6 is 11.3 Å². The average molecular weight is 284 g/mol. The molecule has 0 spiro atoms. The Morgan fingerprint density at radius 1 is 1.74 bits per heavy atom. The second kappa shape index (κ2) is 6.45. The van der Waals surface area contributed by atoms with E-state index in [1.165, 1.54) is 11.3 Å². The number of aromatic nitrogens is 1. The number of hydrogen-bond acceptors (Lipinski definition) is 6. The van der Waals surface area contributed by atoms with Gasteiger partial charge in [0.1, 0.15) is 0 Å². The van der Waals surface area contributed by atoms with Gasteiger partial charge in [-0.3, -0.25) is 4.90 Å². The normalized spacial score (nSPS) is 21.5. The zero-order valence-corrected chi connectivity index (χ0v) is 12.2. The summed E-state index contributed by atoms with van der Waals surface area (Å²) in [5, 5.41) is 11.9. The van der Waals surface area contributed by atoms with E-state index in [1.54, 1.807) is 6.92 Å². The molecule has 0 radical (unpaired) electrons. The Labute approximate surface area is 117 Å². The number of carbonyl (C=O) groups is 1. The number of carbonyl (C=O) groups excluding carboxylic acids is 1. The van der Waals surface area contributed by atoms with Crippen molar-refractivity contribution in [3.05, 3.63) is 16.1 Å². The Hall–Kier alpha value is -0.980. The number of likely N-dealkylation sites (tertiary alicyclic amines) is 1. The maximum atomic E-state index is 11.5. The quantitative estimate of drug-likeness (QED) is 0.831. The summed E-state index contributed by atoms with van der Waals surface area (Å²) in [6.07, 6.45) is 0.766. The van der Waals surface area contributed by atoms with Crippen LogP contribution in [-0.2, 0) is 11.3 Å². The van der Waals surface area contributed by atoms with Gasteiger partial charge in [-0.25, -0.2) is 9.78 Å². The van der Waals surface area contributed by atoms with E-state index < -0.39 is 0 Å². The third-order valence-electron chi connectivity index (χ3n) is 3.38. The topological polar surface area (TPSA) is 62.7 Å². The molecule has 106 valence electrons. The van der Waals surface area contributed by atoms with E-state index in [0.29, 0.717) is 17.5 Å². The van der Waals surface area contributed by atoms with Crippen LogP contribution in [0.5, 0.6) is 0 Å². The monoisotopic (exact) mass is 284 g/mol. The van der Waals surface area contributed by atoms with E-state index in [-0.39, 0.29) is 12.1 Å². The number of aliphatic hydroxyl groups is 1. The molecule has 0 bridgehead atoms. The minimum absolute atomic E-state index is 0.254. The fourth-order valence-corrected chi connectivity index (χ4v) is 3.00. The lowest BCUT2D eigenvalue weighted by Gasteiger charge is -2.15. The molecule has 1 saturated heterocycles. The molecule has 2 rings (SSSR count). The second-order valence-electron chi connectivity index (χ2n) is 4.89. The molecule has 1 aliphatic heterocycles. The molecule has 5 nitrogen and oxygen atoms in total. The van der Waals surface area contributed by atoms with Crippen molar-refractivity contribution in [3.8, 4) is 0 Å². The number of rotatable bonds is 5. The fourth-order valence-electron chi connectivity index (χ4n) is 2.30. The first-order valence-corrected chi connectivity index (χ1v) is 7.50. The number of aliphatic hydroxyl groups excluding tert-OH is 1. The average Bonchev–Trinajstić information content (AvgIpc) is 2.99. The van der Waals surface area contributed by atoms with Crippen molar-refractivity contribution < 1.29 is 14.6 Å². The third kappa shape index (κ3) is 3.75. The highest BCUT2D eigenvalue weighted by atomic mass is 32.1. The van der Waals surface area contributed by atoms with E-state index >= 15 is 0 Å². The van der Waals surface area contributed by atoms with Crippen molar-refractivity contribution in [1.29, 1.82) is 0 Å². The molecular weight excluding hydrogens is 264 g/mol. The van der Waals surface area contributed by atoms with Gasteiger partial charge in [0.05, 0.1) is 18.4 Å². The standard InChI is InChI=1S/C13H20N2O3S/c1-3-18-13(17)12-14-11(8-19-12)7-15-5-4-10(6-15)9(2)16/h8-10,16H,3-7H2,1-2H3. The van der Waals surface area contributed by atoms with Gasteiger partial charge in [-0.05, 0) is 32.7 Å². The third-order valence-corrected chi connectivity index (χ3v) is 4.25. The molecular formula is C13H20N2O3S. The largest absolute Gasteiger partial charge is 0.461 e. The van der Waals surface area contributed by atoms with Gasteiger partial charge in [-0.15, -0.1) is 11.3 Å². The Morgan fingerprint density at radius 2 is 2.53 bits per heavy atom. The molecule has 1 aromatic rings. The smallest absolute Gasteiger partial charge is 0.367 e. The van der Waals surface area contributed by atoms with Crippen LogP contribution in [0, 0.1) is 5.92 Å². The van der Waals surface area contributed by atoms with Gasteiger partial charge >= 0.3 is 5.97 Å². The van der Waals surface area contributed by atoms with Crippen molar-refractivity contribution in [2.75, 3.05) is 19.7 Å². The molecule has 0 amide bonds. The summed E-state index contributed by atoms with van der Waals surface area (Å²) in [4.78, 5) is 18.1. The van der Waals surface area contributed by atoms with Gasteiger partial charge in [0.25, 0.3) is 0 Å². The Morgan fingerprint density at radius 3 is 3.16 bits per heavy atom. The minimum Gasteiger partial charge on any atom is -0.461 e. The van der Waals surface area contributed by atoms with Crippen LogP contribution < -0.4 is 0 Å². The molecule has 0 aromatic carbocycles. The van der Waals surface area contributed by atoms with Crippen LogP contribution in [0.3, 0.4) is 0 Å². The zero-order valence-electron chi connectivity index (χ0n) is 11.3. The molecule has 6 heteroatoms. The first-order valence-electron chi connectivity index (χ1n) is 6.62. The lowest BCUT2D eigenvalue weighted by molar-refractivity contribution is 0.0525. The maximum Gasteiger partial charge on any atom is 0.367 e. The minimum atomic E-state index is -0.345. The molecule has 1 aromatic heterocycles. The van der Waals surface area contributed by atoms with E-state index in [2.05, 4.69) is 9.88 Å². The molecule has 2 atom stereocenters. The highest BCUT2D eigenvalue weighted by Gasteiger charge is 2.26. The van der Waals surface area contributed by atoms with Crippen LogP contribution in [0.1, 0.15) is 35.8 Å². The van der Waals surface area contributed by atoms with E-state index in [9.17, 15) is 9.90 Å². The number of esters is 1. The van der Waals surface area contributed by atoms with Crippen LogP contribution in [-0.4, -0.2) is 46.8 Å². The molecule has 19 heavy (non-hydrogen) atoms. The van der Waals surface area contributed by atoms with Gasteiger partial charge in [0.2, 0.25) is 5.01 Å². The molecule has 0 aliphatic carbocycles. The Kier molecular flexibility index (Phi) is 4.90. The highest BCUT2D eigenvalue weighted by molar-refractivity contribution is 7.11. The van der Waals surface area contributed by atoms with Crippen molar-refractivity contribution in [3.63, 3.8) is 0 Å². The fraction of sp³-hybridized carbons (Fsp3) is 0.692. The van der Waals surface area contributed by atoms with Crippen molar-refractivity contribution in [2.24, 2.45) is 5.92 Å². The predicted octanol–water partition coefficient (Wildman–Crippen LogP) is 1.52. The first kappa shape index (κ1) is 14.4. The summed E-state index contributed by atoms with van der Waals surface area (Å²) < 4.78 is 4.92. The highest BCUT2D eigenvalue weighted by Crippen LogP contribution is 2.22. The number of thiazole rings is 1. The van der Waals surface area contributed by atoms with Crippen molar-refractivity contribution in [1.82, 2.24) is 9.88 Å². The first-order chi connectivity index (χ1) is 9.10. The summed E-state index contributed by atoms with van der Waals surface area (Å²) in [5.74, 6) is 0.00481. The van der Waals surface area contributed by atoms with Crippen LogP contribution in [0.2, 0.25) is 0 Å².